The molecular formula is C17H28N2O. The lowest BCUT2D eigenvalue weighted by molar-refractivity contribution is 0.0989. The topological polar surface area (TPSA) is 38.5 Å². The van der Waals surface area contributed by atoms with Gasteiger partial charge in [0.15, 0.2) is 0 Å². The molecule has 1 aromatic rings. The lowest BCUT2D eigenvalue weighted by Crippen LogP contribution is -2.51. The maximum atomic E-state index is 6.69. The molecule has 0 amide bonds. The van der Waals surface area contributed by atoms with Gasteiger partial charge in [-0.2, -0.15) is 0 Å². The molecule has 112 valence electrons. The van der Waals surface area contributed by atoms with E-state index >= 15 is 0 Å². The van der Waals surface area contributed by atoms with E-state index in [-0.39, 0.29) is 11.6 Å². The Balaban J connectivity index is 2.36. The van der Waals surface area contributed by atoms with E-state index in [2.05, 4.69) is 37.8 Å². The molecule has 0 radical (unpaired) electrons. The fourth-order valence-electron chi connectivity index (χ4n) is 3.30. The van der Waals surface area contributed by atoms with Crippen molar-refractivity contribution in [3.05, 3.63) is 29.3 Å². The Morgan fingerprint density at radius 1 is 1.35 bits per heavy atom. The van der Waals surface area contributed by atoms with Crippen molar-refractivity contribution in [2.75, 3.05) is 20.2 Å². The molecule has 0 saturated carbocycles. The molecule has 1 saturated heterocycles. The largest absolute Gasteiger partial charge is 0.496 e. The average molecular weight is 276 g/mol. The van der Waals surface area contributed by atoms with Crippen molar-refractivity contribution in [2.24, 2.45) is 5.73 Å². The van der Waals surface area contributed by atoms with Crippen LogP contribution in [0.15, 0.2) is 18.2 Å². The number of methoxy groups -OCH3 is 1. The second kappa shape index (κ2) is 6.15. The Morgan fingerprint density at radius 2 is 2.00 bits per heavy atom. The third-order valence-corrected chi connectivity index (χ3v) is 4.93. The van der Waals surface area contributed by atoms with Crippen LogP contribution in [0.3, 0.4) is 0 Å². The fraction of sp³-hybridized carbons (Fsp3) is 0.647. The summed E-state index contributed by atoms with van der Waals surface area (Å²) in [5.74, 6) is 0.905. The van der Waals surface area contributed by atoms with Crippen LogP contribution in [-0.2, 0) is 0 Å². The number of nitrogens with two attached hydrogens (primary N) is 1. The van der Waals surface area contributed by atoms with Crippen LogP contribution in [0, 0.1) is 6.92 Å². The summed E-state index contributed by atoms with van der Waals surface area (Å²) in [6, 6.07) is 6.26. The highest BCUT2D eigenvalue weighted by atomic mass is 16.5. The van der Waals surface area contributed by atoms with Crippen LogP contribution >= 0.6 is 0 Å². The van der Waals surface area contributed by atoms with E-state index in [1.54, 1.807) is 7.11 Å². The molecule has 0 bridgehead atoms. The number of likely N-dealkylation sites (tertiary alicyclic amines) is 1. The molecule has 1 heterocycles. The predicted molar refractivity (Wildman–Crippen MR) is 84.2 cm³/mol. The maximum Gasteiger partial charge on any atom is 0.123 e. The third-order valence-electron chi connectivity index (χ3n) is 4.93. The Morgan fingerprint density at radius 3 is 2.55 bits per heavy atom. The van der Waals surface area contributed by atoms with E-state index in [0.29, 0.717) is 0 Å². The van der Waals surface area contributed by atoms with Gasteiger partial charge in [0.2, 0.25) is 0 Å². The van der Waals surface area contributed by atoms with Gasteiger partial charge in [-0.25, -0.2) is 0 Å². The molecule has 3 heteroatoms. The highest BCUT2D eigenvalue weighted by Gasteiger charge is 2.39. The van der Waals surface area contributed by atoms with Gasteiger partial charge in [-0.3, -0.25) is 4.90 Å². The number of rotatable bonds is 5. The van der Waals surface area contributed by atoms with Crippen molar-refractivity contribution < 1.29 is 4.74 Å². The van der Waals surface area contributed by atoms with Crippen molar-refractivity contribution in [3.8, 4) is 5.75 Å². The molecule has 20 heavy (non-hydrogen) atoms. The number of ether oxygens (including phenoxy) is 1. The molecule has 1 aliphatic rings. The maximum absolute atomic E-state index is 6.69. The zero-order chi connectivity index (χ0) is 14.8. The molecule has 1 fully saturated rings. The van der Waals surface area contributed by atoms with Gasteiger partial charge < -0.3 is 10.5 Å². The monoisotopic (exact) mass is 276 g/mol. The van der Waals surface area contributed by atoms with E-state index < -0.39 is 0 Å². The summed E-state index contributed by atoms with van der Waals surface area (Å²) in [6.45, 7) is 8.96. The average Bonchev–Trinajstić information content (AvgIpc) is 3.00. The van der Waals surface area contributed by atoms with Gasteiger partial charge in [0.1, 0.15) is 5.75 Å². The van der Waals surface area contributed by atoms with Crippen molar-refractivity contribution in [1.82, 2.24) is 4.90 Å². The summed E-state index contributed by atoms with van der Waals surface area (Å²) in [7, 11) is 1.72. The predicted octanol–water partition coefficient (Wildman–Crippen LogP) is 3.27. The van der Waals surface area contributed by atoms with Crippen molar-refractivity contribution in [2.45, 2.75) is 51.6 Å². The first-order valence-electron chi connectivity index (χ1n) is 7.68. The Hall–Kier alpha value is -1.06. The van der Waals surface area contributed by atoms with E-state index in [9.17, 15) is 0 Å². The molecule has 2 atom stereocenters. The number of aryl methyl sites for hydroxylation is 1. The second-order valence-corrected chi connectivity index (χ2v) is 6.13. The van der Waals surface area contributed by atoms with Crippen LogP contribution in [0.4, 0.5) is 0 Å². The number of benzene rings is 1. The van der Waals surface area contributed by atoms with Crippen LogP contribution in [0.5, 0.6) is 5.75 Å². The molecular weight excluding hydrogens is 248 g/mol. The summed E-state index contributed by atoms with van der Waals surface area (Å²) in [4.78, 5) is 2.56. The van der Waals surface area contributed by atoms with Crippen LogP contribution in [0.1, 0.15) is 50.3 Å². The Kier molecular flexibility index (Phi) is 4.71. The normalized spacial score (nSPS) is 20.6. The SMILES string of the molecule is CCC(C)(C(N)c1cc(C)ccc1OC)N1CCCC1. The lowest BCUT2D eigenvalue weighted by atomic mass is 9.83. The van der Waals surface area contributed by atoms with Crippen LogP contribution in [0.25, 0.3) is 0 Å². The number of nitrogens with zero attached hydrogens (tertiary/aromatic N) is 1. The summed E-state index contributed by atoms with van der Waals surface area (Å²) < 4.78 is 5.53. The minimum Gasteiger partial charge on any atom is -0.496 e. The van der Waals surface area contributed by atoms with Crippen LogP contribution in [0.2, 0.25) is 0 Å². The van der Waals surface area contributed by atoms with Gasteiger partial charge in [-0.05, 0) is 52.3 Å². The summed E-state index contributed by atoms with van der Waals surface area (Å²) >= 11 is 0. The van der Waals surface area contributed by atoms with E-state index in [0.717, 1.165) is 30.8 Å². The Labute approximate surface area is 123 Å². The number of hydrogen-bond acceptors (Lipinski definition) is 3. The van der Waals surface area contributed by atoms with E-state index in [1.807, 2.05) is 6.07 Å². The zero-order valence-electron chi connectivity index (χ0n) is 13.3. The highest BCUT2D eigenvalue weighted by molar-refractivity contribution is 5.40. The minimum absolute atomic E-state index is 0.00241. The summed E-state index contributed by atoms with van der Waals surface area (Å²) in [5, 5.41) is 0. The van der Waals surface area contributed by atoms with Crippen LogP contribution < -0.4 is 10.5 Å². The van der Waals surface area contributed by atoms with Gasteiger partial charge in [0, 0.05) is 11.1 Å². The lowest BCUT2D eigenvalue weighted by Gasteiger charge is -2.43. The van der Waals surface area contributed by atoms with E-state index in [4.69, 9.17) is 10.5 Å². The molecule has 0 spiro atoms. The van der Waals surface area contributed by atoms with Crippen molar-refractivity contribution >= 4 is 0 Å². The van der Waals surface area contributed by atoms with Gasteiger partial charge in [0.25, 0.3) is 0 Å². The zero-order valence-corrected chi connectivity index (χ0v) is 13.3. The molecule has 3 nitrogen and oxygen atoms in total. The molecule has 1 aliphatic heterocycles. The molecule has 2 unspecified atom stereocenters. The molecule has 2 rings (SSSR count). The van der Waals surface area contributed by atoms with Crippen molar-refractivity contribution in [1.29, 1.82) is 0 Å². The van der Waals surface area contributed by atoms with Gasteiger partial charge in [-0.15, -0.1) is 0 Å². The van der Waals surface area contributed by atoms with Gasteiger partial charge in [0.05, 0.1) is 13.2 Å². The summed E-state index contributed by atoms with van der Waals surface area (Å²) in [5.41, 5.74) is 9.05. The first-order valence-corrected chi connectivity index (χ1v) is 7.68. The van der Waals surface area contributed by atoms with Gasteiger partial charge in [-0.1, -0.05) is 24.6 Å². The first-order chi connectivity index (χ1) is 9.52. The quantitative estimate of drug-likeness (QED) is 0.897. The third kappa shape index (κ3) is 2.70. The molecule has 2 N–H and O–H groups in total. The van der Waals surface area contributed by atoms with Crippen LogP contribution in [-0.4, -0.2) is 30.6 Å². The molecule has 0 aromatic heterocycles. The van der Waals surface area contributed by atoms with E-state index in [1.165, 1.54) is 18.4 Å². The summed E-state index contributed by atoms with van der Waals surface area (Å²) in [6.07, 6.45) is 3.62. The molecule has 1 aromatic carbocycles. The first kappa shape index (κ1) is 15.3. The minimum atomic E-state index is -0.0274. The fourth-order valence-corrected chi connectivity index (χ4v) is 3.30. The second-order valence-electron chi connectivity index (χ2n) is 6.13. The highest BCUT2D eigenvalue weighted by Crippen LogP contribution is 2.38. The van der Waals surface area contributed by atoms with Gasteiger partial charge >= 0.3 is 0 Å². The standard InChI is InChI=1S/C17H28N2O/c1-5-17(3,19-10-6-7-11-19)16(18)14-12-13(2)8-9-15(14)20-4/h8-9,12,16H,5-7,10-11,18H2,1-4H3. The Bertz CT molecular complexity index is 454. The smallest absolute Gasteiger partial charge is 0.123 e. The molecule has 0 aliphatic carbocycles. The number of hydrogen-bond donors (Lipinski definition) is 1. The van der Waals surface area contributed by atoms with Crippen molar-refractivity contribution in [3.63, 3.8) is 0 Å².